The lowest BCUT2D eigenvalue weighted by atomic mass is 10.2. The minimum Gasteiger partial charge on any atom is -0.382 e. The molecule has 4 aromatic heterocycles. The SMILES string of the molecule is Cc1cccc(-n2c(=O)c(C(=O)Nc3ccc(-c4nc(-c5cc(C6CC6)[nH]n5)cnc4N)nc3)c(C)n2C)c1. The van der Waals surface area contributed by atoms with Crippen molar-refractivity contribution in [2.24, 2.45) is 7.05 Å². The van der Waals surface area contributed by atoms with Gasteiger partial charge in [-0.1, -0.05) is 12.1 Å². The molecular formula is C28H27N9O2. The quantitative estimate of drug-likeness (QED) is 0.308. The van der Waals surface area contributed by atoms with E-state index in [0.29, 0.717) is 45.8 Å². The second-order valence-electron chi connectivity index (χ2n) is 9.80. The Morgan fingerprint density at radius 1 is 1.05 bits per heavy atom. The lowest BCUT2D eigenvalue weighted by molar-refractivity contribution is 0.102. The molecule has 1 aliphatic carbocycles. The summed E-state index contributed by atoms with van der Waals surface area (Å²) in [6.45, 7) is 3.69. The number of aryl methyl sites for hydroxylation is 1. The Morgan fingerprint density at radius 2 is 1.87 bits per heavy atom. The van der Waals surface area contributed by atoms with Crippen LogP contribution < -0.4 is 16.6 Å². The maximum absolute atomic E-state index is 13.3. The molecule has 1 amide bonds. The van der Waals surface area contributed by atoms with Crippen LogP contribution in [0.2, 0.25) is 0 Å². The van der Waals surface area contributed by atoms with Crippen LogP contribution in [0.1, 0.15) is 46.1 Å². The number of H-pyrrole nitrogens is 1. The first-order valence-electron chi connectivity index (χ1n) is 12.6. The number of nitrogens with zero attached hydrogens (tertiary/aromatic N) is 6. The van der Waals surface area contributed by atoms with Crippen LogP contribution >= 0.6 is 0 Å². The van der Waals surface area contributed by atoms with E-state index in [0.717, 1.165) is 11.3 Å². The zero-order chi connectivity index (χ0) is 27.3. The summed E-state index contributed by atoms with van der Waals surface area (Å²) < 4.78 is 3.16. The van der Waals surface area contributed by atoms with Gasteiger partial charge < -0.3 is 11.1 Å². The van der Waals surface area contributed by atoms with Crippen molar-refractivity contribution in [2.45, 2.75) is 32.6 Å². The number of hydrogen-bond acceptors (Lipinski definition) is 7. The number of rotatable bonds is 6. The maximum Gasteiger partial charge on any atom is 0.284 e. The van der Waals surface area contributed by atoms with Crippen molar-refractivity contribution in [1.82, 2.24) is 34.5 Å². The number of nitrogens with two attached hydrogens (primary N) is 1. The fraction of sp³-hybridized carbons (Fsp3) is 0.214. The third-order valence-electron chi connectivity index (χ3n) is 6.97. The summed E-state index contributed by atoms with van der Waals surface area (Å²) >= 11 is 0. The van der Waals surface area contributed by atoms with Gasteiger partial charge in [0.2, 0.25) is 0 Å². The van der Waals surface area contributed by atoms with E-state index in [-0.39, 0.29) is 11.4 Å². The molecule has 1 aliphatic rings. The fourth-order valence-corrected chi connectivity index (χ4v) is 4.60. The molecule has 11 nitrogen and oxygen atoms in total. The fourth-order valence-electron chi connectivity index (χ4n) is 4.60. The van der Waals surface area contributed by atoms with Gasteiger partial charge in [-0.3, -0.25) is 24.4 Å². The summed E-state index contributed by atoms with van der Waals surface area (Å²) in [4.78, 5) is 39.8. The van der Waals surface area contributed by atoms with Crippen LogP contribution in [-0.4, -0.2) is 40.4 Å². The largest absolute Gasteiger partial charge is 0.382 e. The van der Waals surface area contributed by atoms with Gasteiger partial charge in [0.25, 0.3) is 11.5 Å². The van der Waals surface area contributed by atoms with E-state index in [9.17, 15) is 9.59 Å². The van der Waals surface area contributed by atoms with Crippen molar-refractivity contribution >= 4 is 17.4 Å². The molecule has 4 heterocycles. The van der Waals surface area contributed by atoms with Gasteiger partial charge in [0, 0.05) is 18.7 Å². The highest BCUT2D eigenvalue weighted by Crippen LogP contribution is 2.40. The highest BCUT2D eigenvalue weighted by molar-refractivity contribution is 6.04. The highest BCUT2D eigenvalue weighted by atomic mass is 16.2. The monoisotopic (exact) mass is 521 g/mol. The number of aromatic nitrogens is 7. The van der Waals surface area contributed by atoms with Crippen LogP contribution in [-0.2, 0) is 7.05 Å². The Kier molecular flexibility index (Phi) is 5.82. The van der Waals surface area contributed by atoms with E-state index >= 15 is 0 Å². The van der Waals surface area contributed by atoms with Gasteiger partial charge in [-0.15, -0.1) is 0 Å². The number of carbonyl (C=O) groups excluding carboxylic acids is 1. The van der Waals surface area contributed by atoms with E-state index in [1.54, 1.807) is 37.0 Å². The lowest BCUT2D eigenvalue weighted by Gasteiger charge is -2.08. The zero-order valence-electron chi connectivity index (χ0n) is 21.8. The number of aromatic amines is 1. The van der Waals surface area contributed by atoms with Crippen LogP contribution in [0.15, 0.2) is 59.7 Å². The number of amides is 1. The van der Waals surface area contributed by atoms with E-state index < -0.39 is 11.5 Å². The minimum absolute atomic E-state index is 0.0652. The first-order valence-corrected chi connectivity index (χ1v) is 12.6. The predicted octanol–water partition coefficient (Wildman–Crippen LogP) is 3.75. The van der Waals surface area contributed by atoms with Gasteiger partial charge in [-0.05, 0) is 62.6 Å². The number of benzene rings is 1. The molecule has 6 rings (SSSR count). The lowest BCUT2D eigenvalue weighted by Crippen LogP contribution is -2.25. The molecule has 0 spiro atoms. The van der Waals surface area contributed by atoms with Crippen LogP contribution in [0.3, 0.4) is 0 Å². The summed E-state index contributed by atoms with van der Waals surface area (Å²) in [7, 11) is 1.75. The highest BCUT2D eigenvalue weighted by Gasteiger charge is 2.26. The van der Waals surface area contributed by atoms with Gasteiger partial charge in [0.05, 0.1) is 35.2 Å². The molecule has 0 radical (unpaired) electrons. The second kappa shape index (κ2) is 9.35. The normalized spacial score (nSPS) is 13.0. The van der Waals surface area contributed by atoms with Gasteiger partial charge in [-0.2, -0.15) is 5.10 Å². The molecule has 4 N–H and O–H groups in total. The predicted molar refractivity (Wildman–Crippen MR) is 148 cm³/mol. The van der Waals surface area contributed by atoms with Gasteiger partial charge in [0.1, 0.15) is 22.6 Å². The molecule has 39 heavy (non-hydrogen) atoms. The van der Waals surface area contributed by atoms with E-state index in [2.05, 4.69) is 30.5 Å². The van der Waals surface area contributed by atoms with E-state index in [1.807, 2.05) is 37.3 Å². The Bertz CT molecular complexity index is 1780. The molecule has 1 aromatic carbocycles. The third kappa shape index (κ3) is 4.48. The van der Waals surface area contributed by atoms with Crippen molar-refractivity contribution in [3.05, 3.63) is 87.7 Å². The van der Waals surface area contributed by atoms with Crippen LogP contribution in [0.25, 0.3) is 28.5 Å². The Morgan fingerprint density at radius 3 is 2.59 bits per heavy atom. The molecule has 11 heteroatoms. The standard InChI is InChI=1S/C28H27N9O2/c1-15-5-4-6-19(11-15)37-28(39)24(16(2)36(37)3)27(38)32-18-9-10-20(30-13-18)25-26(29)31-14-23(33-25)22-12-21(34-35-22)17-7-8-17/h4-6,9-14,17H,7-8H2,1-3H3,(H2,29,31)(H,32,38)(H,34,35). The zero-order valence-corrected chi connectivity index (χ0v) is 21.8. The molecule has 5 aromatic rings. The van der Waals surface area contributed by atoms with Crippen molar-refractivity contribution < 1.29 is 4.79 Å². The third-order valence-corrected chi connectivity index (χ3v) is 6.97. The summed E-state index contributed by atoms with van der Waals surface area (Å²) in [6.07, 6.45) is 5.42. The molecular weight excluding hydrogens is 494 g/mol. The van der Waals surface area contributed by atoms with Crippen molar-refractivity contribution in [3.63, 3.8) is 0 Å². The molecule has 1 saturated carbocycles. The van der Waals surface area contributed by atoms with Gasteiger partial charge >= 0.3 is 0 Å². The van der Waals surface area contributed by atoms with Crippen molar-refractivity contribution in [3.8, 4) is 28.5 Å². The Labute approximate surface area is 223 Å². The Balaban J connectivity index is 1.24. The molecule has 0 saturated heterocycles. The van der Waals surface area contributed by atoms with Crippen LogP contribution in [0, 0.1) is 13.8 Å². The summed E-state index contributed by atoms with van der Waals surface area (Å²) in [6, 6.07) is 12.9. The molecule has 0 bridgehead atoms. The Hall–Kier alpha value is -5.06. The number of pyridine rings is 1. The van der Waals surface area contributed by atoms with Crippen molar-refractivity contribution in [2.75, 3.05) is 11.1 Å². The summed E-state index contributed by atoms with van der Waals surface area (Å²) in [5.74, 6) is 0.264. The van der Waals surface area contributed by atoms with E-state index in [1.165, 1.54) is 23.7 Å². The van der Waals surface area contributed by atoms with Crippen LogP contribution in [0.4, 0.5) is 11.5 Å². The van der Waals surface area contributed by atoms with Crippen molar-refractivity contribution in [1.29, 1.82) is 0 Å². The van der Waals surface area contributed by atoms with Gasteiger partial charge in [-0.25, -0.2) is 14.6 Å². The second-order valence-corrected chi connectivity index (χ2v) is 9.80. The molecule has 0 atom stereocenters. The van der Waals surface area contributed by atoms with Gasteiger partial charge in [0.15, 0.2) is 5.82 Å². The number of nitrogens with one attached hydrogen (secondary N) is 2. The summed E-state index contributed by atoms with van der Waals surface area (Å²) in [5, 5.41) is 10.2. The summed E-state index contributed by atoms with van der Waals surface area (Å²) in [5.41, 5.74) is 11.8. The first kappa shape index (κ1) is 24.3. The smallest absolute Gasteiger partial charge is 0.284 e. The number of carbonyl (C=O) groups is 1. The molecule has 0 unspecified atom stereocenters. The van der Waals surface area contributed by atoms with Crippen LogP contribution in [0.5, 0.6) is 0 Å². The molecule has 196 valence electrons. The topological polar surface area (TPSA) is 149 Å². The average molecular weight is 522 g/mol. The van der Waals surface area contributed by atoms with E-state index in [4.69, 9.17) is 5.73 Å². The minimum atomic E-state index is -0.514. The number of nitrogen functional groups attached to an aromatic ring is 1. The molecule has 1 fully saturated rings. The number of hydrogen-bond donors (Lipinski definition) is 3. The maximum atomic E-state index is 13.3. The molecule has 0 aliphatic heterocycles. The average Bonchev–Trinajstić information content (AvgIpc) is 3.60. The number of anilines is 2. The first-order chi connectivity index (χ1) is 18.8.